The lowest BCUT2D eigenvalue weighted by Gasteiger charge is -2.04. The van der Waals surface area contributed by atoms with E-state index < -0.39 is 0 Å². The van der Waals surface area contributed by atoms with Crippen LogP contribution in [0.1, 0.15) is 0 Å². The van der Waals surface area contributed by atoms with Gasteiger partial charge in [-0.25, -0.2) is 4.39 Å². The first-order chi connectivity index (χ1) is 6.27. The first-order valence-electron chi connectivity index (χ1n) is 3.86. The Kier molecular flexibility index (Phi) is 2.07. The van der Waals surface area contributed by atoms with E-state index in [1.165, 1.54) is 12.1 Å². The van der Waals surface area contributed by atoms with Crippen molar-refractivity contribution in [2.45, 2.75) is 0 Å². The minimum absolute atomic E-state index is 0.284. The maximum atomic E-state index is 12.9. The molecule has 0 bridgehead atoms. The van der Waals surface area contributed by atoms with Crippen LogP contribution in [0.15, 0.2) is 42.7 Å². The molecule has 0 atom stereocenters. The van der Waals surface area contributed by atoms with E-state index in [2.05, 4.69) is 0 Å². The maximum absolute atomic E-state index is 12.9. The Morgan fingerprint density at radius 2 is 1.85 bits per heavy atom. The van der Waals surface area contributed by atoms with Crippen LogP contribution in [-0.4, -0.2) is 4.57 Å². The second kappa shape index (κ2) is 3.23. The van der Waals surface area contributed by atoms with Gasteiger partial charge < -0.3 is 4.57 Å². The molecule has 1 nitrogen and oxygen atoms in total. The molecule has 0 aliphatic rings. The van der Waals surface area contributed by atoms with Gasteiger partial charge in [0.05, 0.1) is 10.7 Å². The molecule has 0 aliphatic heterocycles. The lowest BCUT2D eigenvalue weighted by Crippen LogP contribution is -1.91. The number of rotatable bonds is 1. The van der Waals surface area contributed by atoms with E-state index in [1.807, 2.05) is 24.5 Å². The molecule has 1 heterocycles. The maximum Gasteiger partial charge on any atom is 0.125 e. The standard InChI is InChI=1S/C10H7ClFN/c11-9-4-3-8(12)7-10(9)13-5-1-2-6-13/h1-7H. The topological polar surface area (TPSA) is 4.93 Å². The average molecular weight is 196 g/mol. The Labute approximate surface area is 80.4 Å². The Balaban J connectivity index is 2.57. The zero-order valence-electron chi connectivity index (χ0n) is 6.74. The van der Waals surface area contributed by atoms with E-state index in [4.69, 9.17) is 11.6 Å². The van der Waals surface area contributed by atoms with Crippen LogP contribution in [0.4, 0.5) is 4.39 Å². The second-order valence-corrected chi connectivity index (χ2v) is 3.09. The first kappa shape index (κ1) is 8.32. The molecular formula is C10H7ClFN. The fraction of sp³-hybridized carbons (Fsp3) is 0. The molecule has 1 aromatic carbocycles. The number of hydrogen-bond acceptors (Lipinski definition) is 0. The van der Waals surface area contributed by atoms with E-state index in [9.17, 15) is 4.39 Å². The van der Waals surface area contributed by atoms with Crippen LogP contribution in [0.25, 0.3) is 5.69 Å². The van der Waals surface area contributed by atoms with Crippen molar-refractivity contribution in [1.29, 1.82) is 0 Å². The highest BCUT2D eigenvalue weighted by Crippen LogP contribution is 2.21. The van der Waals surface area contributed by atoms with Crippen LogP contribution in [0.2, 0.25) is 5.02 Å². The third-order valence-corrected chi connectivity index (χ3v) is 2.11. The molecule has 0 radical (unpaired) electrons. The number of nitrogens with zero attached hydrogens (tertiary/aromatic N) is 1. The molecule has 0 aliphatic carbocycles. The van der Waals surface area contributed by atoms with Crippen LogP contribution in [0.5, 0.6) is 0 Å². The number of benzene rings is 1. The normalized spacial score (nSPS) is 10.3. The van der Waals surface area contributed by atoms with Gasteiger partial charge in [0.15, 0.2) is 0 Å². The third kappa shape index (κ3) is 1.58. The molecule has 0 N–H and O–H groups in total. The summed E-state index contributed by atoms with van der Waals surface area (Å²) >= 11 is 5.90. The van der Waals surface area contributed by atoms with Crippen molar-refractivity contribution in [3.05, 3.63) is 53.6 Å². The van der Waals surface area contributed by atoms with Crippen LogP contribution in [0.3, 0.4) is 0 Å². The van der Waals surface area contributed by atoms with Crippen molar-refractivity contribution in [1.82, 2.24) is 4.57 Å². The van der Waals surface area contributed by atoms with Gasteiger partial charge >= 0.3 is 0 Å². The predicted octanol–water partition coefficient (Wildman–Crippen LogP) is 3.27. The van der Waals surface area contributed by atoms with Crippen LogP contribution >= 0.6 is 11.6 Å². The molecule has 0 unspecified atom stereocenters. The van der Waals surface area contributed by atoms with Crippen molar-refractivity contribution in [2.75, 3.05) is 0 Å². The summed E-state index contributed by atoms with van der Waals surface area (Å²) < 4.78 is 14.6. The highest BCUT2D eigenvalue weighted by molar-refractivity contribution is 6.32. The summed E-state index contributed by atoms with van der Waals surface area (Å²) in [5, 5.41) is 0.539. The zero-order valence-corrected chi connectivity index (χ0v) is 7.50. The van der Waals surface area contributed by atoms with E-state index in [1.54, 1.807) is 10.6 Å². The summed E-state index contributed by atoms with van der Waals surface area (Å²) in [4.78, 5) is 0. The van der Waals surface area contributed by atoms with Gasteiger partial charge in [-0.15, -0.1) is 0 Å². The SMILES string of the molecule is Fc1ccc(Cl)c(-n2cccc2)c1. The van der Waals surface area contributed by atoms with Crippen LogP contribution in [0, 0.1) is 5.82 Å². The van der Waals surface area contributed by atoms with Crippen LogP contribution < -0.4 is 0 Å². The van der Waals surface area contributed by atoms with E-state index >= 15 is 0 Å². The summed E-state index contributed by atoms with van der Waals surface area (Å²) in [6.45, 7) is 0. The zero-order chi connectivity index (χ0) is 9.26. The minimum atomic E-state index is -0.284. The van der Waals surface area contributed by atoms with Crippen molar-refractivity contribution < 1.29 is 4.39 Å². The molecule has 0 fully saturated rings. The average Bonchev–Trinajstić information content (AvgIpc) is 2.61. The highest BCUT2D eigenvalue weighted by Gasteiger charge is 2.02. The lowest BCUT2D eigenvalue weighted by molar-refractivity contribution is 0.626. The van der Waals surface area contributed by atoms with Gasteiger partial charge in [0.2, 0.25) is 0 Å². The number of aromatic nitrogens is 1. The Morgan fingerprint density at radius 3 is 2.54 bits per heavy atom. The van der Waals surface area contributed by atoms with Crippen LogP contribution in [-0.2, 0) is 0 Å². The fourth-order valence-electron chi connectivity index (χ4n) is 1.18. The van der Waals surface area contributed by atoms with Crippen molar-refractivity contribution in [3.63, 3.8) is 0 Å². The third-order valence-electron chi connectivity index (χ3n) is 1.79. The fourth-order valence-corrected chi connectivity index (χ4v) is 1.39. The monoisotopic (exact) mass is 195 g/mol. The summed E-state index contributed by atoms with van der Waals surface area (Å²) in [6.07, 6.45) is 3.64. The Hall–Kier alpha value is -1.28. The number of halogens is 2. The smallest absolute Gasteiger partial charge is 0.125 e. The first-order valence-corrected chi connectivity index (χ1v) is 4.23. The molecule has 2 aromatic rings. The van der Waals surface area contributed by atoms with Crippen molar-refractivity contribution in [3.8, 4) is 5.69 Å². The molecule has 0 amide bonds. The van der Waals surface area contributed by atoms with E-state index in [0.717, 1.165) is 0 Å². The highest BCUT2D eigenvalue weighted by atomic mass is 35.5. The number of hydrogen-bond donors (Lipinski definition) is 0. The van der Waals surface area contributed by atoms with E-state index in [-0.39, 0.29) is 5.82 Å². The molecule has 1 aromatic heterocycles. The van der Waals surface area contributed by atoms with E-state index in [0.29, 0.717) is 10.7 Å². The molecule has 2 rings (SSSR count). The molecule has 3 heteroatoms. The Bertz CT molecular complexity index is 409. The quantitative estimate of drug-likeness (QED) is 0.658. The lowest BCUT2D eigenvalue weighted by atomic mass is 10.3. The summed E-state index contributed by atoms with van der Waals surface area (Å²) in [5.41, 5.74) is 0.659. The van der Waals surface area contributed by atoms with Gasteiger partial charge in [0, 0.05) is 12.4 Å². The van der Waals surface area contributed by atoms with Gasteiger partial charge in [-0.2, -0.15) is 0 Å². The van der Waals surface area contributed by atoms with Crippen molar-refractivity contribution in [2.24, 2.45) is 0 Å². The minimum Gasteiger partial charge on any atom is -0.322 e. The van der Waals surface area contributed by atoms with Gasteiger partial charge in [0.1, 0.15) is 5.82 Å². The largest absolute Gasteiger partial charge is 0.322 e. The van der Waals surface area contributed by atoms with Gasteiger partial charge in [-0.05, 0) is 30.3 Å². The van der Waals surface area contributed by atoms with Gasteiger partial charge in [0.25, 0.3) is 0 Å². The molecule has 0 spiro atoms. The summed E-state index contributed by atoms with van der Waals surface area (Å²) in [6, 6.07) is 8.02. The van der Waals surface area contributed by atoms with Crippen molar-refractivity contribution >= 4 is 11.6 Å². The predicted molar refractivity (Wildman–Crippen MR) is 50.7 cm³/mol. The molecule has 13 heavy (non-hydrogen) atoms. The molecular weight excluding hydrogens is 189 g/mol. The van der Waals surface area contributed by atoms with Gasteiger partial charge in [-0.1, -0.05) is 11.6 Å². The van der Waals surface area contributed by atoms with Gasteiger partial charge in [-0.3, -0.25) is 0 Å². The summed E-state index contributed by atoms with van der Waals surface area (Å²) in [5.74, 6) is -0.284. The summed E-state index contributed by atoms with van der Waals surface area (Å²) in [7, 11) is 0. The molecule has 66 valence electrons. The molecule has 0 saturated heterocycles. The second-order valence-electron chi connectivity index (χ2n) is 2.69. The molecule has 0 saturated carbocycles. The Morgan fingerprint density at radius 1 is 1.15 bits per heavy atom.